The van der Waals surface area contributed by atoms with Crippen molar-refractivity contribution in [3.05, 3.63) is 54.1 Å². The summed E-state index contributed by atoms with van der Waals surface area (Å²) in [7, 11) is -4.01. The van der Waals surface area contributed by atoms with E-state index >= 15 is 0 Å². The fourth-order valence-corrected chi connectivity index (χ4v) is 3.20. The van der Waals surface area contributed by atoms with Gasteiger partial charge in [-0.2, -0.15) is 0 Å². The summed E-state index contributed by atoms with van der Waals surface area (Å²) in [6, 6.07) is 9.29. The van der Waals surface area contributed by atoms with Crippen LogP contribution in [0.15, 0.2) is 58.3 Å². The molecule has 0 atom stereocenters. The van der Waals surface area contributed by atoms with E-state index in [9.17, 15) is 26.4 Å². The molecule has 0 aliphatic heterocycles. The molecule has 0 aliphatic rings. The maximum absolute atomic E-state index is 12.4. The number of alkyl halides is 3. The standard InChI is InChI=1S/C14H9F3O4S/c15-14(16,17)21-11-5-7-12(8-6-11)22(19,20)13-4-2-1-3-10(13)9-18/h1-9H. The van der Waals surface area contributed by atoms with Crippen LogP contribution in [0.1, 0.15) is 10.4 Å². The molecule has 2 rings (SSSR count). The van der Waals surface area contributed by atoms with Crippen molar-refractivity contribution in [1.82, 2.24) is 0 Å². The SMILES string of the molecule is O=Cc1ccccc1S(=O)(=O)c1ccc(OC(F)(F)F)cc1. The van der Waals surface area contributed by atoms with Gasteiger partial charge in [0.1, 0.15) is 5.75 Å². The van der Waals surface area contributed by atoms with Crippen molar-refractivity contribution in [2.75, 3.05) is 0 Å². The first kappa shape index (κ1) is 16.0. The van der Waals surface area contributed by atoms with Crippen molar-refractivity contribution in [2.45, 2.75) is 16.2 Å². The lowest BCUT2D eigenvalue weighted by molar-refractivity contribution is -0.274. The Morgan fingerprint density at radius 1 is 0.955 bits per heavy atom. The molecule has 2 aromatic rings. The topological polar surface area (TPSA) is 60.4 Å². The number of benzene rings is 2. The van der Waals surface area contributed by atoms with Gasteiger partial charge in [0, 0.05) is 5.56 Å². The summed E-state index contributed by atoms with van der Waals surface area (Å²) in [5.41, 5.74) is -0.0295. The molecule has 0 fully saturated rings. The molecule has 2 aromatic carbocycles. The molecule has 0 radical (unpaired) electrons. The highest BCUT2D eigenvalue weighted by Crippen LogP contribution is 2.27. The number of sulfone groups is 1. The van der Waals surface area contributed by atoms with Crippen molar-refractivity contribution >= 4 is 16.1 Å². The molecule has 116 valence electrons. The lowest BCUT2D eigenvalue weighted by Crippen LogP contribution is -2.17. The Balaban J connectivity index is 2.40. The highest BCUT2D eigenvalue weighted by molar-refractivity contribution is 7.91. The van der Waals surface area contributed by atoms with Gasteiger partial charge in [-0.3, -0.25) is 4.79 Å². The Bertz CT molecular complexity index is 780. The van der Waals surface area contributed by atoms with Gasteiger partial charge in [-0.25, -0.2) is 8.42 Å². The summed E-state index contributed by atoms with van der Waals surface area (Å²) < 4.78 is 64.6. The molecule has 0 aromatic heterocycles. The first-order chi connectivity index (χ1) is 10.2. The second-order valence-electron chi connectivity index (χ2n) is 4.18. The molecule has 0 unspecified atom stereocenters. The summed E-state index contributed by atoms with van der Waals surface area (Å²) in [5.74, 6) is -0.532. The predicted octanol–water partition coefficient (Wildman–Crippen LogP) is 3.23. The number of rotatable bonds is 4. The number of ether oxygens (including phenoxy) is 1. The summed E-state index contributed by atoms with van der Waals surface area (Å²) in [6.45, 7) is 0. The van der Waals surface area contributed by atoms with Crippen LogP contribution in [-0.2, 0) is 9.84 Å². The van der Waals surface area contributed by atoms with Gasteiger partial charge in [0.25, 0.3) is 0 Å². The average Bonchev–Trinajstić information content (AvgIpc) is 2.46. The first-order valence-electron chi connectivity index (χ1n) is 5.89. The van der Waals surface area contributed by atoms with Crippen LogP contribution in [0.5, 0.6) is 5.75 Å². The third-order valence-electron chi connectivity index (χ3n) is 2.70. The smallest absolute Gasteiger partial charge is 0.406 e. The monoisotopic (exact) mass is 330 g/mol. The van der Waals surface area contributed by atoms with Crippen molar-refractivity contribution < 1.29 is 31.1 Å². The minimum absolute atomic E-state index is 0.0295. The van der Waals surface area contributed by atoms with E-state index in [-0.39, 0.29) is 15.4 Å². The second kappa shape index (κ2) is 5.80. The van der Waals surface area contributed by atoms with Gasteiger partial charge in [-0.1, -0.05) is 18.2 Å². The van der Waals surface area contributed by atoms with Crippen molar-refractivity contribution in [3.63, 3.8) is 0 Å². The zero-order valence-corrected chi connectivity index (χ0v) is 11.7. The highest BCUT2D eigenvalue weighted by Gasteiger charge is 2.31. The molecule has 0 saturated carbocycles. The molecule has 8 heteroatoms. The van der Waals surface area contributed by atoms with E-state index < -0.39 is 21.9 Å². The second-order valence-corrected chi connectivity index (χ2v) is 6.10. The fraction of sp³-hybridized carbons (Fsp3) is 0.0714. The minimum Gasteiger partial charge on any atom is -0.406 e. The van der Waals surface area contributed by atoms with Crippen LogP contribution >= 0.6 is 0 Å². The number of carbonyl (C=O) groups excluding carboxylic acids is 1. The zero-order chi connectivity index (χ0) is 16.4. The van der Waals surface area contributed by atoms with Crippen LogP contribution in [0.3, 0.4) is 0 Å². The molecule has 0 N–H and O–H groups in total. The van der Waals surface area contributed by atoms with Gasteiger partial charge in [-0.05, 0) is 30.3 Å². The minimum atomic E-state index is -4.86. The average molecular weight is 330 g/mol. The highest BCUT2D eigenvalue weighted by atomic mass is 32.2. The number of hydrogen-bond donors (Lipinski definition) is 0. The molecule has 0 spiro atoms. The van der Waals surface area contributed by atoms with E-state index in [2.05, 4.69) is 4.74 Å². The van der Waals surface area contributed by atoms with Gasteiger partial charge in [0.05, 0.1) is 9.79 Å². The van der Waals surface area contributed by atoms with E-state index in [1.165, 1.54) is 24.3 Å². The number of hydrogen-bond acceptors (Lipinski definition) is 4. The molecule has 0 heterocycles. The van der Waals surface area contributed by atoms with Crippen LogP contribution in [0.4, 0.5) is 13.2 Å². The normalized spacial score (nSPS) is 12.0. The van der Waals surface area contributed by atoms with E-state index in [4.69, 9.17) is 0 Å². The van der Waals surface area contributed by atoms with Gasteiger partial charge >= 0.3 is 6.36 Å². The zero-order valence-electron chi connectivity index (χ0n) is 10.9. The Morgan fingerprint density at radius 2 is 1.55 bits per heavy atom. The van der Waals surface area contributed by atoms with E-state index in [0.717, 1.165) is 24.3 Å². The van der Waals surface area contributed by atoms with Gasteiger partial charge in [-0.15, -0.1) is 13.2 Å². The molecule has 0 amide bonds. The van der Waals surface area contributed by atoms with Crippen LogP contribution in [0.2, 0.25) is 0 Å². The molecule has 0 bridgehead atoms. The third kappa shape index (κ3) is 3.45. The van der Waals surface area contributed by atoms with Crippen LogP contribution in [-0.4, -0.2) is 21.1 Å². The Kier molecular flexibility index (Phi) is 4.23. The number of aldehydes is 1. The third-order valence-corrected chi connectivity index (χ3v) is 4.55. The Morgan fingerprint density at radius 3 is 2.09 bits per heavy atom. The molecule has 22 heavy (non-hydrogen) atoms. The molecular weight excluding hydrogens is 321 g/mol. The van der Waals surface area contributed by atoms with Gasteiger partial charge in [0.15, 0.2) is 6.29 Å². The Hall–Kier alpha value is -2.35. The quantitative estimate of drug-likeness (QED) is 0.808. The summed E-state index contributed by atoms with van der Waals surface area (Å²) in [5, 5.41) is 0. The fourth-order valence-electron chi connectivity index (χ4n) is 1.77. The van der Waals surface area contributed by atoms with Gasteiger partial charge < -0.3 is 4.74 Å². The predicted molar refractivity (Wildman–Crippen MR) is 70.4 cm³/mol. The molecular formula is C14H9F3O4S. The number of carbonyl (C=O) groups is 1. The maximum atomic E-state index is 12.4. The lowest BCUT2D eigenvalue weighted by atomic mass is 10.2. The first-order valence-corrected chi connectivity index (χ1v) is 7.37. The molecule has 0 aliphatic carbocycles. The van der Waals surface area contributed by atoms with Crippen LogP contribution in [0, 0.1) is 0 Å². The Labute approximate surface area is 124 Å². The van der Waals surface area contributed by atoms with Crippen molar-refractivity contribution in [3.8, 4) is 5.75 Å². The number of halogens is 3. The van der Waals surface area contributed by atoms with E-state index in [1.807, 2.05) is 0 Å². The van der Waals surface area contributed by atoms with Crippen molar-refractivity contribution in [1.29, 1.82) is 0 Å². The van der Waals surface area contributed by atoms with Crippen LogP contribution in [0.25, 0.3) is 0 Å². The molecule has 0 saturated heterocycles. The largest absolute Gasteiger partial charge is 0.573 e. The molecule has 4 nitrogen and oxygen atoms in total. The maximum Gasteiger partial charge on any atom is 0.573 e. The van der Waals surface area contributed by atoms with Gasteiger partial charge in [0.2, 0.25) is 9.84 Å². The summed E-state index contributed by atoms with van der Waals surface area (Å²) in [6.07, 6.45) is -4.46. The lowest BCUT2D eigenvalue weighted by Gasteiger charge is -2.10. The van der Waals surface area contributed by atoms with Crippen molar-refractivity contribution in [2.24, 2.45) is 0 Å². The summed E-state index contributed by atoms with van der Waals surface area (Å²) >= 11 is 0. The summed E-state index contributed by atoms with van der Waals surface area (Å²) in [4.78, 5) is 10.5. The van der Waals surface area contributed by atoms with Crippen LogP contribution < -0.4 is 4.74 Å². The van der Waals surface area contributed by atoms with E-state index in [1.54, 1.807) is 0 Å². The van der Waals surface area contributed by atoms with E-state index in [0.29, 0.717) is 6.29 Å².